The van der Waals surface area contributed by atoms with Crippen molar-refractivity contribution >= 4 is 6.21 Å². The standard InChI is InChI=1S/C5H9NO2/c6-3-1-5(8)2-4-7/h2-3,6-8H,1,4H2. The molecule has 0 aliphatic carbocycles. The molecule has 0 amide bonds. The maximum atomic E-state index is 8.60. The Bertz CT molecular complexity index is 98.6. The Hall–Kier alpha value is -0.830. The summed E-state index contributed by atoms with van der Waals surface area (Å²) in [7, 11) is 0. The third-order valence-electron chi connectivity index (χ3n) is 0.638. The zero-order valence-corrected chi connectivity index (χ0v) is 4.46. The molecule has 0 saturated heterocycles. The van der Waals surface area contributed by atoms with Gasteiger partial charge in [-0.15, -0.1) is 0 Å². The van der Waals surface area contributed by atoms with Gasteiger partial charge in [0.1, 0.15) is 0 Å². The predicted octanol–water partition coefficient (Wildman–Crippen LogP) is 0.460. The Morgan fingerprint density at radius 3 is 2.62 bits per heavy atom. The van der Waals surface area contributed by atoms with Crippen LogP contribution in [-0.2, 0) is 0 Å². The van der Waals surface area contributed by atoms with Gasteiger partial charge in [-0.05, 0) is 6.08 Å². The van der Waals surface area contributed by atoms with Crippen molar-refractivity contribution in [1.29, 1.82) is 5.41 Å². The molecule has 0 fully saturated rings. The monoisotopic (exact) mass is 115 g/mol. The summed E-state index contributed by atoms with van der Waals surface area (Å²) in [6.07, 6.45) is 2.53. The average Bonchev–Trinajstić information content (AvgIpc) is 1.68. The Morgan fingerprint density at radius 2 is 2.25 bits per heavy atom. The largest absolute Gasteiger partial charge is 0.512 e. The molecule has 3 nitrogen and oxygen atoms in total. The summed E-state index contributed by atoms with van der Waals surface area (Å²) in [5.41, 5.74) is 0. The molecule has 0 heterocycles. The number of rotatable bonds is 3. The molecule has 46 valence electrons. The molecular weight excluding hydrogens is 106 g/mol. The minimum atomic E-state index is -0.167. The summed E-state index contributed by atoms with van der Waals surface area (Å²) in [4.78, 5) is 0. The second-order valence-corrected chi connectivity index (χ2v) is 1.29. The third-order valence-corrected chi connectivity index (χ3v) is 0.638. The molecule has 0 aliphatic heterocycles. The summed E-state index contributed by atoms with van der Waals surface area (Å²) in [5.74, 6) is 0.0440. The highest BCUT2D eigenvalue weighted by molar-refractivity contribution is 5.56. The summed E-state index contributed by atoms with van der Waals surface area (Å²) in [6, 6.07) is 0. The van der Waals surface area contributed by atoms with Crippen molar-refractivity contribution in [1.82, 2.24) is 0 Å². The molecular formula is C5H9NO2. The fourth-order valence-corrected chi connectivity index (χ4v) is 0.293. The van der Waals surface area contributed by atoms with E-state index in [2.05, 4.69) is 0 Å². The molecule has 0 saturated carbocycles. The van der Waals surface area contributed by atoms with Gasteiger partial charge in [0.25, 0.3) is 0 Å². The van der Waals surface area contributed by atoms with Crippen molar-refractivity contribution in [3.63, 3.8) is 0 Å². The summed E-state index contributed by atoms with van der Waals surface area (Å²) in [5, 5.41) is 23.3. The number of nitrogens with one attached hydrogen (secondary N) is 1. The van der Waals surface area contributed by atoms with E-state index in [9.17, 15) is 0 Å². The number of aliphatic hydroxyl groups excluding tert-OH is 2. The highest BCUT2D eigenvalue weighted by Crippen LogP contribution is 1.89. The van der Waals surface area contributed by atoms with Crippen LogP contribution >= 0.6 is 0 Å². The molecule has 0 bridgehead atoms. The first-order valence-electron chi connectivity index (χ1n) is 2.29. The molecule has 0 aromatic heterocycles. The quantitative estimate of drug-likeness (QED) is 0.369. The van der Waals surface area contributed by atoms with Crippen LogP contribution in [0.4, 0.5) is 0 Å². The van der Waals surface area contributed by atoms with Crippen LogP contribution < -0.4 is 0 Å². The van der Waals surface area contributed by atoms with E-state index in [0.29, 0.717) is 0 Å². The number of allylic oxidation sites excluding steroid dienone is 1. The van der Waals surface area contributed by atoms with Gasteiger partial charge < -0.3 is 15.6 Å². The summed E-state index contributed by atoms with van der Waals surface area (Å²) in [6.45, 7) is -0.167. The Labute approximate surface area is 47.8 Å². The molecule has 8 heavy (non-hydrogen) atoms. The second-order valence-electron chi connectivity index (χ2n) is 1.29. The Balaban J connectivity index is 3.44. The zero-order chi connectivity index (χ0) is 6.41. The van der Waals surface area contributed by atoms with Crippen LogP contribution in [0, 0.1) is 5.41 Å². The first-order valence-corrected chi connectivity index (χ1v) is 2.29. The van der Waals surface area contributed by atoms with Gasteiger partial charge in [0, 0.05) is 12.6 Å². The first-order chi connectivity index (χ1) is 3.81. The minimum absolute atomic E-state index is 0.0440. The summed E-state index contributed by atoms with van der Waals surface area (Å²) >= 11 is 0. The lowest BCUT2D eigenvalue weighted by Crippen LogP contribution is -1.83. The molecule has 3 heteroatoms. The van der Waals surface area contributed by atoms with Gasteiger partial charge in [-0.25, -0.2) is 0 Å². The van der Waals surface area contributed by atoms with Crippen LogP contribution in [0.25, 0.3) is 0 Å². The van der Waals surface area contributed by atoms with E-state index >= 15 is 0 Å². The van der Waals surface area contributed by atoms with Gasteiger partial charge in [0.05, 0.1) is 12.4 Å². The second kappa shape index (κ2) is 4.33. The van der Waals surface area contributed by atoms with Crippen molar-refractivity contribution in [2.75, 3.05) is 6.61 Å². The van der Waals surface area contributed by atoms with Gasteiger partial charge in [-0.1, -0.05) is 0 Å². The number of aliphatic hydroxyl groups is 2. The molecule has 0 radical (unpaired) electrons. The van der Waals surface area contributed by atoms with E-state index in [4.69, 9.17) is 15.6 Å². The lowest BCUT2D eigenvalue weighted by molar-refractivity contribution is 0.328. The van der Waals surface area contributed by atoms with Gasteiger partial charge in [-0.3, -0.25) is 0 Å². The average molecular weight is 115 g/mol. The van der Waals surface area contributed by atoms with E-state index in [1.807, 2.05) is 0 Å². The van der Waals surface area contributed by atoms with E-state index in [1.165, 1.54) is 6.08 Å². The maximum Gasteiger partial charge on any atom is 0.0958 e. The molecule has 0 atom stereocenters. The highest BCUT2D eigenvalue weighted by Gasteiger charge is 1.84. The van der Waals surface area contributed by atoms with Crippen LogP contribution in [0.1, 0.15) is 6.42 Å². The topological polar surface area (TPSA) is 64.3 Å². The lowest BCUT2D eigenvalue weighted by atomic mass is 10.3. The molecule has 0 rings (SSSR count). The van der Waals surface area contributed by atoms with Crippen molar-refractivity contribution in [3.05, 3.63) is 11.8 Å². The number of hydrogen-bond acceptors (Lipinski definition) is 3. The van der Waals surface area contributed by atoms with E-state index in [0.717, 1.165) is 6.21 Å². The Kier molecular flexibility index (Phi) is 3.88. The van der Waals surface area contributed by atoms with Crippen LogP contribution in [-0.4, -0.2) is 23.0 Å². The van der Waals surface area contributed by atoms with Gasteiger partial charge >= 0.3 is 0 Å². The van der Waals surface area contributed by atoms with Crippen LogP contribution in [0.3, 0.4) is 0 Å². The fraction of sp³-hybridized carbons (Fsp3) is 0.400. The van der Waals surface area contributed by atoms with E-state index in [1.54, 1.807) is 0 Å². The third kappa shape index (κ3) is 3.36. The van der Waals surface area contributed by atoms with Crippen molar-refractivity contribution < 1.29 is 10.2 Å². The Morgan fingerprint density at radius 1 is 1.62 bits per heavy atom. The zero-order valence-electron chi connectivity index (χ0n) is 4.46. The van der Waals surface area contributed by atoms with Crippen molar-refractivity contribution in [2.45, 2.75) is 6.42 Å². The van der Waals surface area contributed by atoms with Crippen LogP contribution in [0.15, 0.2) is 11.8 Å². The number of hydrogen-bond donors (Lipinski definition) is 3. The molecule has 0 aromatic rings. The first kappa shape index (κ1) is 7.17. The van der Waals surface area contributed by atoms with Gasteiger partial charge in [0.15, 0.2) is 0 Å². The molecule has 3 N–H and O–H groups in total. The fourth-order valence-electron chi connectivity index (χ4n) is 0.293. The van der Waals surface area contributed by atoms with Crippen LogP contribution in [0.5, 0.6) is 0 Å². The maximum absolute atomic E-state index is 8.60. The summed E-state index contributed by atoms with van der Waals surface area (Å²) < 4.78 is 0. The predicted molar refractivity (Wildman–Crippen MR) is 31.2 cm³/mol. The van der Waals surface area contributed by atoms with Crippen LogP contribution in [0.2, 0.25) is 0 Å². The SMILES string of the molecule is N=CCC(O)=CCO. The van der Waals surface area contributed by atoms with Crippen molar-refractivity contribution in [3.8, 4) is 0 Å². The highest BCUT2D eigenvalue weighted by atomic mass is 16.3. The molecule has 0 spiro atoms. The lowest BCUT2D eigenvalue weighted by Gasteiger charge is -1.88. The van der Waals surface area contributed by atoms with Crippen molar-refractivity contribution in [2.24, 2.45) is 0 Å². The molecule has 0 aromatic carbocycles. The minimum Gasteiger partial charge on any atom is -0.512 e. The van der Waals surface area contributed by atoms with Gasteiger partial charge in [0.2, 0.25) is 0 Å². The van der Waals surface area contributed by atoms with E-state index in [-0.39, 0.29) is 18.8 Å². The smallest absolute Gasteiger partial charge is 0.0958 e. The van der Waals surface area contributed by atoms with Gasteiger partial charge in [-0.2, -0.15) is 0 Å². The normalized spacial score (nSPS) is 11.4. The van der Waals surface area contributed by atoms with E-state index < -0.39 is 0 Å². The molecule has 0 unspecified atom stereocenters. The molecule has 0 aliphatic rings.